The van der Waals surface area contributed by atoms with Crippen molar-refractivity contribution in [2.45, 2.75) is 77.3 Å². The molecule has 0 N–H and O–H groups in total. The lowest BCUT2D eigenvalue weighted by Crippen LogP contribution is -2.67. The lowest BCUT2D eigenvalue weighted by Gasteiger charge is -2.73. The molecular weight excluding hydrogens is 344 g/mol. The van der Waals surface area contributed by atoms with Gasteiger partial charge in [-0.3, -0.25) is 0 Å². The van der Waals surface area contributed by atoms with Gasteiger partial charge < -0.3 is 0 Å². The Labute approximate surface area is 163 Å². The molecule has 0 heterocycles. The van der Waals surface area contributed by atoms with Crippen LogP contribution in [0.1, 0.15) is 38.5 Å². The van der Waals surface area contributed by atoms with E-state index in [4.69, 9.17) is 0 Å². The summed E-state index contributed by atoms with van der Waals surface area (Å²) < 4.78 is 0. The predicted octanol–water partition coefficient (Wildman–Crippen LogP) is 5.44. The van der Waals surface area contributed by atoms with E-state index in [-0.39, 0.29) is 0 Å². The highest BCUT2D eigenvalue weighted by Gasteiger charge is 2.70. The normalized spacial score (nSPS) is 49.8. The molecule has 0 saturated heterocycles. The van der Waals surface area contributed by atoms with Crippen LogP contribution in [-0.4, -0.2) is 16.9 Å². The fourth-order valence-corrected chi connectivity index (χ4v) is 9.15. The zero-order chi connectivity index (χ0) is 18.3. The van der Waals surface area contributed by atoms with Gasteiger partial charge in [-0.15, -0.1) is 17.4 Å². The van der Waals surface area contributed by atoms with E-state index in [1.54, 1.807) is 0 Å². The fraction of sp³-hybridized carbons (Fsp3) is 0.833. The van der Waals surface area contributed by atoms with Crippen molar-refractivity contribution in [2.75, 3.05) is 0 Å². The molecule has 0 aromatic rings. The third-order valence-electron chi connectivity index (χ3n) is 8.62. The summed E-state index contributed by atoms with van der Waals surface area (Å²) in [6.45, 7) is 12.1. The maximum atomic E-state index is 3.94. The van der Waals surface area contributed by atoms with Crippen molar-refractivity contribution in [1.29, 1.82) is 0 Å². The van der Waals surface area contributed by atoms with Crippen LogP contribution >= 0.6 is 0 Å². The zero-order valence-corrected chi connectivity index (χ0v) is 19.6. The number of hydrogen-bond donors (Lipinski definition) is 0. The van der Waals surface area contributed by atoms with Gasteiger partial charge >= 0.3 is 0 Å². The van der Waals surface area contributed by atoms with Gasteiger partial charge in [-0.25, -0.2) is 0 Å². The summed E-state index contributed by atoms with van der Waals surface area (Å²) in [5, 5.41) is 0. The second-order valence-electron chi connectivity index (χ2n) is 12.2. The van der Waals surface area contributed by atoms with E-state index in [1.807, 2.05) is 0 Å². The van der Waals surface area contributed by atoms with Crippen LogP contribution < -0.4 is 0 Å². The minimum atomic E-state index is -1.26. The van der Waals surface area contributed by atoms with Crippen LogP contribution in [0.4, 0.5) is 0 Å². The van der Waals surface area contributed by atoms with Gasteiger partial charge in [-0.1, -0.05) is 38.7 Å². The summed E-state index contributed by atoms with van der Waals surface area (Å²) in [5.74, 6) is 17.6. The Bertz CT molecular complexity index is 669. The first kappa shape index (κ1) is 17.6. The van der Waals surface area contributed by atoms with Crippen LogP contribution in [0.3, 0.4) is 0 Å². The summed E-state index contributed by atoms with van der Waals surface area (Å²) >= 11 is 0. The summed E-state index contributed by atoms with van der Waals surface area (Å²) in [5.41, 5.74) is 4.65. The lowest BCUT2D eigenvalue weighted by molar-refractivity contribution is -0.233. The predicted molar refractivity (Wildman–Crippen MR) is 116 cm³/mol. The first-order chi connectivity index (χ1) is 12.2. The van der Waals surface area contributed by atoms with Crippen LogP contribution in [0.15, 0.2) is 0 Å². The average molecular weight is 381 g/mol. The van der Waals surface area contributed by atoms with E-state index in [9.17, 15) is 0 Å². The van der Waals surface area contributed by atoms with Gasteiger partial charge in [0, 0.05) is 25.7 Å². The number of rotatable bonds is 1. The van der Waals surface area contributed by atoms with Gasteiger partial charge in [-0.05, 0) is 74.0 Å². The minimum Gasteiger partial charge on any atom is -0.131 e. The third-order valence-corrected chi connectivity index (χ3v) is 10.5. The van der Waals surface area contributed by atoms with E-state index in [2.05, 4.69) is 56.0 Å². The standard InChI is InChI=1S/C24H36Si2/c1-25(2)9-6-7-23-11-17-20-14-24(8-10-26(3,4)5)15-21(17)19(13-23)22(16-24)18(20)12-23/h17-22,25H,9,11-16H2,1-5H3. The molecule has 0 radical (unpaired) electrons. The van der Waals surface area contributed by atoms with Crippen LogP contribution in [0.5, 0.6) is 0 Å². The molecule has 0 aromatic heterocycles. The SMILES string of the molecule is C[SiH](C)CC#CC12CC3C4CC5(C#C[Si](C)(C)C)CC3C(C1)C(C5)C4C2. The highest BCUT2D eigenvalue weighted by atomic mass is 28.3. The van der Waals surface area contributed by atoms with Crippen molar-refractivity contribution >= 4 is 16.9 Å². The second kappa shape index (κ2) is 5.55. The van der Waals surface area contributed by atoms with E-state index in [0.717, 1.165) is 35.5 Å². The molecule has 0 aromatic carbocycles. The Morgan fingerprint density at radius 3 is 1.46 bits per heavy atom. The molecule has 7 saturated carbocycles. The highest BCUT2D eigenvalue weighted by molar-refractivity contribution is 6.83. The second-order valence-corrected chi connectivity index (χ2v) is 20.1. The van der Waals surface area contributed by atoms with Gasteiger partial charge in [0.1, 0.15) is 8.07 Å². The maximum absolute atomic E-state index is 3.94. The summed E-state index contributed by atoms with van der Waals surface area (Å²) in [6.07, 6.45) is 8.69. The van der Waals surface area contributed by atoms with Gasteiger partial charge in [0.25, 0.3) is 0 Å². The average Bonchev–Trinajstić information content (AvgIpc) is 2.56. The Hall–Kier alpha value is -0.446. The molecule has 0 amide bonds. The van der Waals surface area contributed by atoms with Crippen molar-refractivity contribution < 1.29 is 0 Å². The molecule has 0 spiro atoms. The van der Waals surface area contributed by atoms with Gasteiger partial charge in [0.05, 0.1) is 0 Å². The Kier molecular flexibility index (Phi) is 3.76. The Balaban J connectivity index is 1.43. The summed E-state index contributed by atoms with van der Waals surface area (Å²) in [4.78, 5) is 0. The smallest absolute Gasteiger partial charge is 0.129 e. The number of hydrogen-bond acceptors (Lipinski definition) is 0. The van der Waals surface area contributed by atoms with Crippen LogP contribution in [0.2, 0.25) is 38.8 Å². The van der Waals surface area contributed by atoms with Gasteiger partial charge in [-0.2, -0.15) is 0 Å². The molecule has 7 fully saturated rings. The highest BCUT2D eigenvalue weighted by Crippen LogP contribution is 2.76. The molecule has 140 valence electrons. The van der Waals surface area contributed by atoms with Crippen LogP contribution in [0.25, 0.3) is 0 Å². The van der Waals surface area contributed by atoms with E-state index in [1.165, 1.54) is 44.6 Å². The van der Waals surface area contributed by atoms with E-state index in [0.29, 0.717) is 10.8 Å². The van der Waals surface area contributed by atoms with Crippen molar-refractivity contribution in [2.24, 2.45) is 46.3 Å². The van der Waals surface area contributed by atoms with E-state index >= 15 is 0 Å². The molecular formula is C24H36Si2. The van der Waals surface area contributed by atoms with E-state index < -0.39 is 16.9 Å². The molecule has 2 heteroatoms. The minimum absolute atomic E-state index is 0.427. The Morgan fingerprint density at radius 1 is 0.731 bits per heavy atom. The first-order valence-electron chi connectivity index (χ1n) is 11.2. The van der Waals surface area contributed by atoms with Crippen LogP contribution in [-0.2, 0) is 0 Å². The first-order valence-corrected chi connectivity index (χ1v) is 17.9. The third kappa shape index (κ3) is 2.63. The summed E-state index contributed by atoms with van der Waals surface area (Å²) in [6, 6.07) is 1.23. The van der Waals surface area contributed by atoms with Gasteiger partial charge in [0.15, 0.2) is 0 Å². The maximum Gasteiger partial charge on any atom is 0.129 e. The van der Waals surface area contributed by atoms with Crippen molar-refractivity contribution in [1.82, 2.24) is 0 Å². The molecule has 7 aliphatic rings. The molecule has 8 bridgehead atoms. The zero-order valence-electron chi connectivity index (χ0n) is 17.5. The lowest BCUT2D eigenvalue weighted by atomic mass is 9.31. The monoisotopic (exact) mass is 380 g/mol. The molecule has 7 aliphatic carbocycles. The quantitative estimate of drug-likeness (QED) is 0.420. The topological polar surface area (TPSA) is 0 Å². The Morgan fingerprint density at radius 2 is 1.12 bits per heavy atom. The van der Waals surface area contributed by atoms with Crippen molar-refractivity contribution in [3.8, 4) is 23.3 Å². The van der Waals surface area contributed by atoms with Crippen molar-refractivity contribution in [3.05, 3.63) is 0 Å². The molecule has 26 heavy (non-hydrogen) atoms. The molecule has 0 nitrogen and oxygen atoms in total. The summed E-state index contributed by atoms with van der Waals surface area (Å²) in [7, 11) is -1.79. The molecule has 0 unspecified atom stereocenters. The largest absolute Gasteiger partial charge is 0.131 e. The fourth-order valence-electron chi connectivity index (χ4n) is 8.00. The van der Waals surface area contributed by atoms with Crippen molar-refractivity contribution in [3.63, 3.8) is 0 Å². The molecule has 0 atom stereocenters. The molecule has 0 aliphatic heterocycles. The van der Waals surface area contributed by atoms with Gasteiger partial charge in [0.2, 0.25) is 0 Å². The van der Waals surface area contributed by atoms with Crippen LogP contribution in [0, 0.1) is 69.6 Å². The molecule has 7 rings (SSSR count).